The predicted octanol–water partition coefficient (Wildman–Crippen LogP) is 3.66. The Morgan fingerprint density at radius 2 is 1.82 bits per heavy atom. The van der Waals surface area contributed by atoms with Gasteiger partial charge in [0.05, 0.1) is 5.69 Å². The fourth-order valence-corrected chi connectivity index (χ4v) is 4.47. The highest BCUT2D eigenvalue weighted by Gasteiger charge is 2.27. The predicted molar refractivity (Wildman–Crippen MR) is 114 cm³/mol. The first kappa shape index (κ1) is 19.6. The summed E-state index contributed by atoms with van der Waals surface area (Å²) in [4.78, 5) is 23.8. The summed E-state index contributed by atoms with van der Waals surface area (Å²) in [6.07, 6.45) is 7.50. The van der Waals surface area contributed by atoms with Gasteiger partial charge in [0.25, 0.3) is 0 Å². The molecule has 0 saturated carbocycles. The molecular formula is C21H30N6S. The molecule has 0 aromatic carbocycles. The van der Waals surface area contributed by atoms with Gasteiger partial charge in [-0.05, 0) is 25.0 Å². The zero-order valence-electron chi connectivity index (χ0n) is 17.2. The lowest BCUT2D eigenvalue weighted by molar-refractivity contribution is 0.240. The summed E-state index contributed by atoms with van der Waals surface area (Å²) in [6.45, 7) is 11.5. The molecule has 28 heavy (non-hydrogen) atoms. The van der Waals surface area contributed by atoms with Gasteiger partial charge in [0.15, 0.2) is 5.16 Å². The average molecular weight is 399 g/mol. The second kappa shape index (κ2) is 8.74. The van der Waals surface area contributed by atoms with E-state index in [1.165, 1.54) is 35.5 Å². The number of hydrogen-bond donors (Lipinski definition) is 0. The molecule has 4 rings (SSSR count). The molecule has 6 nitrogen and oxygen atoms in total. The van der Waals surface area contributed by atoms with E-state index in [2.05, 4.69) is 40.5 Å². The standard InChI is InChI=1S/C21H30N6S/c1-4-28-21-22-11-16(12-23-21)13-26-10-7-17-18(14-26)24-19(15(2)3)25-20(17)27-8-5-6-9-27/h11-12,15H,4-10,13-14H2,1-3H3. The van der Waals surface area contributed by atoms with Crippen molar-refractivity contribution in [2.24, 2.45) is 0 Å². The van der Waals surface area contributed by atoms with Crippen LogP contribution < -0.4 is 4.90 Å². The van der Waals surface area contributed by atoms with Crippen LogP contribution in [-0.4, -0.2) is 50.2 Å². The molecule has 0 atom stereocenters. The fraction of sp³-hybridized carbons (Fsp3) is 0.619. The zero-order valence-corrected chi connectivity index (χ0v) is 18.0. The van der Waals surface area contributed by atoms with Crippen LogP contribution in [0.1, 0.15) is 62.2 Å². The minimum absolute atomic E-state index is 0.346. The molecule has 2 aromatic rings. The van der Waals surface area contributed by atoms with Gasteiger partial charge in [0.1, 0.15) is 11.6 Å². The lowest BCUT2D eigenvalue weighted by atomic mass is 10.0. The van der Waals surface area contributed by atoms with Gasteiger partial charge in [-0.15, -0.1) is 0 Å². The SMILES string of the molecule is CCSc1ncc(CN2CCc3c(nc(C(C)C)nc3N3CCCC3)C2)cn1. The minimum atomic E-state index is 0.346. The molecule has 2 aromatic heterocycles. The zero-order chi connectivity index (χ0) is 19.5. The molecule has 0 N–H and O–H groups in total. The van der Waals surface area contributed by atoms with Gasteiger partial charge in [0.2, 0.25) is 0 Å². The van der Waals surface area contributed by atoms with E-state index in [1.54, 1.807) is 11.8 Å². The van der Waals surface area contributed by atoms with Crippen molar-refractivity contribution in [2.75, 3.05) is 30.3 Å². The van der Waals surface area contributed by atoms with Crippen molar-refractivity contribution in [3.05, 3.63) is 35.0 Å². The van der Waals surface area contributed by atoms with E-state index in [0.717, 1.165) is 55.9 Å². The van der Waals surface area contributed by atoms with Crippen molar-refractivity contribution < 1.29 is 0 Å². The van der Waals surface area contributed by atoms with E-state index in [9.17, 15) is 0 Å². The highest BCUT2D eigenvalue weighted by atomic mass is 32.2. The molecule has 0 amide bonds. The summed E-state index contributed by atoms with van der Waals surface area (Å²) in [6, 6.07) is 0. The molecule has 0 radical (unpaired) electrons. The fourth-order valence-electron chi connectivity index (χ4n) is 3.95. The Kier molecular flexibility index (Phi) is 6.11. The Balaban J connectivity index is 1.53. The van der Waals surface area contributed by atoms with E-state index in [0.29, 0.717) is 5.92 Å². The van der Waals surface area contributed by atoms with Gasteiger partial charge < -0.3 is 4.90 Å². The van der Waals surface area contributed by atoms with Crippen LogP contribution in [-0.2, 0) is 19.5 Å². The van der Waals surface area contributed by atoms with Gasteiger partial charge in [-0.1, -0.05) is 32.5 Å². The molecule has 4 heterocycles. The number of aromatic nitrogens is 4. The summed E-state index contributed by atoms with van der Waals surface area (Å²) in [5.41, 5.74) is 3.75. The highest BCUT2D eigenvalue weighted by Crippen LogP contribution is 2.30. The van der Waals surface area contributed by atoms with Gasteiger partial charge in [0, 0.05) is 62.2 Å². The van der Waals surface area contributed by atoms with Crippen LogP contribution >= 0.6 is 11.8 Å². The number of fused-ring (bicyclic) bond motifs is 1. The third-order valence-electron chi connectivity index (χ3n) is 5.42. The van der Waals surface area contributed by atoms with E-state index >= 15 is 0 Å². The van der Waals surface area contributed by atoms with Crippen LogP contribution in [0.2, 0.25) is 0 Å². The number of anilines is 1. The average Bonchev–Trinajstić information content (AvgIpc) is 3.23. The first-order valence-electron chi connectivity index (χ1n) is 10.4. The molecule has 150 valence electrons. The van der Waals surface area contributed by atoms with Gasteiger partial charge >= 0.3 is 0 Å². The molecule has 1 saturated heterocycles. The summed E-state index contributed by atoms with van der Waals surface area (Å²) < 4.78 is 0. The van der Waals surface area contributed by atoms with Gasteiger partial charge in [-0.2, -0.15) is 0 Å². The van der Waals surface area contributed by atoms with Crippen molar-refractivity contribution in [3.63, 3.8) is 0 Å². The summed E-state index contributed by atoms with van der Waals surface area (Å²) in [5, 5.41) is 0.861. The second-order valence-corrected chi connectivity index (χ2v) is 9.18. The van der Waals surface area contributed by atoms with Crippen LogP contribution in [0.5, 0.6) is 0 Å². The van der Waals surface area contributed by atoms with Crippen LogP contribution in [0.15, 0.2) is 17.6 Å². The highest BCUT2D eigenvalue weighted by molar-refractivity contribution is 7.99. The normalized spacial score (nSPS) is 17.4. The van der Waals surface area contributed by atoms with Crippen molar-refractivity contribution in [1.82, 2.24) is 24.8 Å². The Labute approximate surface area is 172 Å². The summed E-state index contributed by atoms with van der Waals surface area (Å²) in [5.74, 6) is 3.53. The Hall–Kier alpha value is -1.73. The van der Waals surface area contributed by atoms with Crippen LogP contribution in [0, 0.1) is 0 Å². The second-order valence-electron chi connectivity index (χ2n) is 7.95. The first-order valence-corrected chi connectivity index (χ1v) is 11.4. The van der Waals surface area contributed by atoms with Crippen LogP contribution in [0.3, 0.4) is 0 Å². The molecule has 0 bridgehead atoms. The van der Waals surface area contributed by atoms with Gasteiger partial charge in [-0.3, -0.25) is 4.90 Å². The van der Waals surface area contributed by atoms with E-state index < -0.39 is 0 Å². The van der Waals surface area contributed by atoms with E-state index in [1.807, 2.05) is 12.4 Å². The summed E-state index contributed by atoms with van der Waals surface area (Å²) in [7, 11) is 0. The number of rotatable bonds is 6. The third kappa shape index (κ3) is 4.30. The van der Waals surface area contributed by atoms with Gasteiger partial charge in [-0.25, -0.2) is 19.9 Å². The summed E-state index contributed by atoms with van der Waals surface area (Å²) >= 11 is 1.68. The van der Waals surface area contributed by atoms with Crippen molar-refractivity contribution in [3.8, 4) is 0 Å². The molecule has 0 aliphatic carbocycles. The molecule has 0 spiro atoms. The maximum absolute atomic E-state index is 4.98. The van der Waals surface area contributed by atoms with E-state index in [4.69, 9.17) is 9.97 Å². The minimum Gasteiger partial charge on any atom is -0.356 e. The molecular weight excluding hydrogens is 368 g/mol. The van der Waals surface area contributed by atoms with Crippen molar-refractivity contribution in [2.45, 2.75) is 64.2 Å². The lowest BCUT2D eigenvalue weighted by Crippen LogP contribution is -2.33. The third-order valence-corrected chi connectivity index (χ3v) is 6.18. The largest absolute Gasteiger partial charge is 0.356 e. The Morgan fingerprint density at radius 3 is 2.50 bits per heavy atom. The van der Waals surface area contributed by atoms with Crippen molar-refractivity contribution in [1.29, 1.82) is 0 Å². The van der Waals surface area contributed by atoms with Crippen LogP contribution in [0.25, 0.3) is 0 Å². The van der Waals surface area contributed by atoms with E-state index in [-0.39, 0.29) is 0 Å². The first-order chi connectivity index (χ1) is 13.6. The maximum atomic E-state index is 4.98. The number of hydrogen-bond acceptors (Lipinski definition) is 7. The quantitative estimate of drug-likeness (QED) is 0.543. The molecule has 1 fully saturated rings. The number of nitrogens with zero attached hydrogens (tertiary/aromatic N) is 6. The van der Waals surface area contributed by atoms with Crippen LogP contribution in [0.4, 0.5) is 5.82 Å². The topological polar surface area (TPSA) is 58.0 Å². The monoisotopic (exact) mass is 398 g/mol. The molecule has 0 unspecified atom stereocenters. The lowest BCUT2D eigenvalue weighted by Gasteiger charge is -2.31. The molecule has 2 aliphatic rings. The molecule has 7 heteroatoms. The Morgan fingerprint density at radius 1 is 1.07 bits per heavy atom. The Bertz CT molecular complexity index is 801. The maximum Gasteiger partial charge on any atom is 0.187 e. The van der Waals surface area contributed by atoms with Crippen molar-refractivity contribution >= 4 is 17.6 Å². The smallest absolute Gasteiger partial charge is 0.187 e. The number of thioether (sulfide) groups is 1. The molecule has 2 aliphatic heterocycles.